The van der Waals surface area contributed by atoms with Gasteiger partial charge in [0.15, 0.2) is 0 Å². The van der Waals surface area contributed by atoms with Crippen molar-refractivity contribution in [2.75, 3.05) is 0 Å². The molecule has 4 rings (SSSR count). The van der Waals surface area contributed by atoms with Crippen LogP contribution in [0.15, 0.2) is 69.9 Å². The Morgan fingerprint density at radius 3 is 2.56 bits per heavy atom. The van der Waals surface area contributed by atoms with Gasteiger partial charge in [-0.2, -0.15) is 0 Å². The highest BCUT2D eigenvalue weighted by atomic mass is 16.6. The fourth-order valence-electron chi connectivity index (χ4n) is 2.66. The van der Waals surface area contributed by atoms with Crippen molar-refractivity contribution in [3.8, 4) is 11.3 Å². The van der Waals surface area contributed by atoms with E-state index in [-0.39, 0.29) is 16.9 Å². The second kappa shape index (κ2) is 6.72. The largest absolute Gasteiger partial charge is 0.457 e. The number of nitrogens with one attached hydrogen (secondary N) is 1. The minimum atomic E-state index is -0.450. The molecule has 0 spiro atoms. The summed E-state index contributed by atoms with van der Waals surface area (Å²) in [5.74, 6) is 1.11. The lowest BCUT2D eigenvalue weighted by Crippen LogP contribution is -2.11. The molecule has 0 aliphatic heterocycles. The predicted octanol–water partition coefficient (Wildman–Crippen LogP) is 4.26. The normalized spacial score (nSPS) is 11.3. The molecule has 0 atom stereocenters. The van der Waals surface area contributed by atoms with E-state index in [1.807, 2.05) is 18.2 Å². The SMILES string of the molecule is O=c1[nH]c2ccccc2nc1/C=C/c1ccc(-c2ccc([N+](=O)[O-])cc2)o1. The second-order valence-electron chi connectivity index (χ2n) is 5.81. The van der Waals surface area contributed by atoms with Crippen LogP contribution in [0.1, 0.15) is 11.5 Å². The Bertz CT molecular complexity index is 1220. The van der Waals surface area contributed by atoms with E-state index in [2.05, 4.69) is 9.97 Å². The average molecular weight is 359 g/mol. The Morgan fingerprint density at radius 2 is 1.78 bits per heavy atom. The fraction of sp³-hybridized carbons (Fsp3) is 0. The molecule has 2 aromatic carbocycles. The third-order valence-corrected chi connectivity index (χ3v) is 4.02. The summed E-state index contributed by atoms with van der Waals surface area (Å²) in [5, 5.41) is 10.7. The Labute approximate surface area is 152 Å². The number of nitro groups is 1. The molecule has 4 aromatic rings. The predicted molar refractivity (Wildman–Crippen MR) is 102 cm³/mol. The Balaban J connectivity index is 1.60. The van der Waals surface area contributed by atoms with E-state index >= 15 is 0 Å². The number of fused-ring (bicyclic) bond motifs is 1. The number of furan rings is 1. The zero-order valence-corrected chi connectivity index (χ0v) is 14.0. The first-order valence-corrected chi connectivity index (χ1v) is 8.12. The van der Waals surface area contributed by atoms with Crippen molar-refractivity contribution < 1.29 is 9.34 Å². The molecule has 0 saturated carbocycles. The zero-order chi connectivity index (χ0) is 18.8. The van der Waals surface area contributed by atoms with Crippen molar-refractivity contribution in [3.63, 3.8) is 0 Å². The molecule has 0 unspecified atom stereocenters. The average Bonchev–Trinajstić information content (AvgIpc) is 3.15. The molecule has 0 aliphatic rings. The molecule has 0 fully saturated rings. The van der Waals surface area contributed by atoms with E-state index in [1.54, 1.807) is 42.5 Å². The van der Waals surface area contributed by atoms with Gasteiger partial charge in [-0.15, -0.1) is 0 Å². The number of H-pyrrole nitrogens is 1. The highest BCUT2D eigenvalue weighted by molar-refractivity contribution is 5.76. The molecule has 7 nitrogen and oxygen atoms in total. The van der Waals surface area contributed by atoms with Gasteiger partial charge in [-0.05, 0) is 48.6 Å². The molecule has 0 radical (unpaired) electrons. The first kappa shape index (κ1) is 16.5. The molecule has 0 aliphatic carbocycles. The number of aromatic nitrogens is 2. The van der Waals surface area contributed by atoms with E-state index in [4.69, 9.17) is 4.42 Å². The number of hydrogen-bond acceptors (Lipinski definition) is 5. The quantitative estimate of drug-likeness (QED) is 0.433. The van der Waals surface area contributed by atoms with Gasteiger partial charge in [0.2, 0.25) is 0 Å². The van der Waals surface area contributed by atoms with Crippen molar-refractivity contribution in [2.24, 2.45) is 0 Å². The first-order valence-electron chi connectivity index (χ1n) is 8.12. The maximum absolute atomic E-state index is 12.1. The van der Waals surface area contributed by atoms with Crippen LogP contribution in [-0.2, 0) is 0 Å². The van der Waals surface area contributed by atoms with Crippen molar-refractivity contribution in [1.82, 2.24) is 9.97 Å². The summed E-state index contributed by atoms with van der Waals surface area (Å²) in [4.78, 5) is 29.5. The van der Waals surface area contributed by atoms with Crippen LogP contribution in [0.3, 0.4) is 0 Å². The lowest BCUT2D eigenvalue weighted by molar-refractivity contribution is -0.384. The highest BCUT2D eigenvalue weighted by Crippen LogP contribution is 2.25. The molecule has 2 heterocycles. The van der Waals surface area contributed by atoms with Crippen LogP contribution in [0.4, 0.5) is 5.69 Å². The second-order valence-corrected chi connectivity index (χ2v) is 5.81. The summed E-state index contributed by atoms with van der Waals surface area (Å²) in [6.07, 6.45) is 3.24. The summed E-state index contributed by atoms with van der Waals surface area (Å²) < 4.78 is 5.72. The number of hydrogen-bond donors (Lipinski definition) is 1. The van der Waals surface area contributed by atoms with Gasteiger partial charge in [-0.1, -0.05) is 12.1 Å². The van der Waals surface area contributed by atoms with Gasteiger partial charge in [0.1, 0.15) is 17.2 Å². The van der Waals surface area contributed by atoms with Crippen LogP contribution >= 0.6 is 0 Å². The van der Waals surface area contributed by atoms with E-state index in [1.165, 1.54) is 12.1 Å². The third-order valence-electron chi connectivity index (χ3n) is 4.02. The van der Waals surface area contributed by atoms with Crippen LogP contribution in [0, 0.1) is 10.1 Å². The lowest BCUT2D eigenvalue weighted by Gasteiger charge is -1.98. The topological polar surface area (TPSA) is 102 Å². The highest BCUT2D eigenvalue weighted by Gasteiger charge is 2.08. The van der Waals surface area contributed by atoms with Gasteiger partial charge < -0.3 is 9.40 Å². The summed E-state index contributed by atoms with van der Waals surface area (Å²) >= 11 is 0. The van der Waals surface area contributed by atoms with Crippen LogP contribution < -0.4 is 5.56 Å². The number of benzene rings is 2. The van der Waals surface area contributed by atoms with Gasteiger partial charge in [-0.25, -0.2) is 4.98 Å². The Hall–Kier alpha value is -4.00. The number of para-hydroxylation sites is 2. The molecule has 27 heavy (non-hydrogen) atoms. The van der Waals surface area contributed by atoms with Crippen LogP contribution in [-0.4, -0.2) is 14.9 Å². The summed E-state index contributed by atoms with van der Waals surface area (Å²) in [7, 11) is 0. The molecule has 0 saturated heterocycles. The molecule has 132 valence electrons. The molecular weight excluding hydrogens is 346 g/mol. The maximum atomic E-state index is 12.1. The van der Waals surface area contributed by atoms with Crippen molar-refractivity contribution in [2.45, 2.75) is 0 Å². The molecule has 2 aromatic heterocycles. The fourth-order valence-corrected chi connectivity index (χ4v) is 2.66. The summed E-state index contributed by atoms with van der Waals surface area (Å²) in [6, 6.07) is 16.9. The van der Waals surface area contributed by atoms with Crippen molar-refractivity contribution in [3.05, 3.63) is 92.6 Å². The molecule has 0 bridgehead atoms. The summed E-state index contributed by atoms with van der Waals surface area (Å²) in [5.41, 5.74) is 2.11. The Kier molecular flexibility index (Phi) is 4.10. The molecular formula is C20H13N3O4. The van der Waals surface area contributed by atoms with Gasteiger partial charge in [0.05, 0.1) is 16.0 Å². The van der Waals surface area contributed by atoms with Gasteiger partial charge in [0, 0.05) is 17.7 Å². The summed E-state index contributed by atoms with van der Waals surface area (Å²) in [6.45, 7) is 0. The van der Waals surface area contributed by atoms with Gasteiger partial charge in [0.25, 0.3) is 11.2 Å². The zero-order valence-electron chi connectivity index (χ0n) is 14.0. The lowest BCUT2D eigenvalue weighted by atomic mass is 10.1. The van der Waals surface area contributed by atoms with Gasteiger partial charge >= 0.3 is 0 Å². The third kappa shape index (κ3) is 3.38. The van der Waals surface area contributed by atoms with Gasteiger partial charge in [-0.3, -0.25) is 14.9 Å². The van der Waals surface area contributed by atoms with E-state index in [9.17, 15) is 14.9 Å². The van der Waals surface area contributed by atoms with Crippen LogP contribution in [0.2, 0.25) is 0 Å². The smallest absolute Gasteiger partial charge is 0.274 e. The molecule has 0 amide bonds. The number of nitro benzene ring substituents is 1. The molecule has 7 heteroatoms. The number of non-ortho nitro benzene ring substituents is 1. The van der Waals surface area contributed by atoms with Crippen molar-refractivity contribution >= 4 is 28.9 Å². The van der Waals surface area contributed by atoms with E-state index in [0.717, 1.165) is 5.56 Å². The molecule has 1 N–H and O–H groups in total. The Morgan fingerprint density at radius 1 is 1.00 bits per heavy atom. The van der Waals surface area contributed by atoms with Crippen molar-refractivity contribution in [1.29, 1.82) is 0 Å². The minimum absolute atomic E-state index is 0.0204. The van der Waals surface area contributed by atoms with Crippen LogP contribution in [0.5, 0.6) is 0 Å². The standard InChI is InChI=1S/C20H13N3O4/c24-20-18(21-16-3-1-2-4-17(16)22-20)11-9-15-10-12-19(27-15)13-5-7-14(8-6-13)23(25)26/h1-12H,(H,22,24)/b11-9+. The first-order chi connectivity index (χ1) is 13.1. The number of aromatic amines is 1. The minimum Gasteiger partial charge on any atom is -0.457 e. The van der Waals surface area contributed by atoms with E-state index < -0.39 is 4.92 Å². The number of nitrogens with zero attached hydrogens (tertiary/aromatic N) is 2. The maximum Gasteiger partial charge on any atom is 0.274 e. The van der Waals surface area contributed by atoms with Crippen LogP contribution in [0.25, 0.3) is 34.5 Å². The number of rotatable bonds is 4. The monoisotopic (exact) mass is 359 g/mol. The van der Waals surface area contributed by atoms with E-state index in [0.29, 0.717) is 22.6 Å².